The first kappa shape index (κ1) is 13.1. The van der Waals surface area contributed by atoms with Crippen LogP contribution < -0.4 is 10.2 Å². The zero-order valence-electron chi connectivity index (χ0n) is 11.1. The largest absolute Gasteiger partial charge is 0.390 e. The Labute approximate surface area is 118 Å². The van der Waals surface area contributed by atoms with E-state index in [0.29, 0.717) is 11.5 Å². The van der Waals surface area contributed by atoms with Crippen LogP contribution in [0.4, 0.5) is 5.82 Å². The molecule has 8 heteroatoms. The monoisotopic (exact) mass is 294 g/mol. The molecule has 0 aliphatic carbocycles. The summed E-state index contributed by atoms with van der Waals surface area (Å²) in [6.07, 6.45) is 1.81. The fourth-order valence-corrected chi connectivity index (χ4v) is 3.03. The Morgan fingerprint density at radius 1 is 1.50 bits per heavy atom. The van der Waals surface area contributed by atoms with Gasteiger partial charge in [-0.3, -0.25) is 19.3 Å². The van der Waals surface area contributed by atoms with Gasteiger partial charge in [0.1, 0.15) is 5.54 Å². The SMILES string of the molecule is CC1(C)C(=O)NC(=O)CN1c1nc2sccn2c1CO. The molecule has 3 heterocycles. The second-order valence-electron chi connectivity index (χ2n) is 5.12. The van der Waals surface area contributed by atoms with Gasteiger partial charge < -0.3 is 10.0 Å². The summed E-state index contributed by atoms with van der Waals surface area (Å²) in [6.45, 7) is 3.28. The highest BCUT2D eigenvalue weighted by Gasteiger charge is 2.43. The van der Waals surface area contributed by atoms with Gasteiger partial charge in [0, 0.05) is 11.6 Å². The van der Waals surface area contributed by atoms with Gasteiger partial charge in [-0.15, -0.1) is 11.3 Å². The molecule has 106 valence electrons. The van der Waals surface area contributed by atoms with E-state index in [1.54, 1.807) is 29.3 Å². The zero-order valence-corrected chi connectivity index (χ0v) is 11.9. The van der Waals surface area contributed by atoms with Crippen molar-refractivity contribution in [2.45, 2.75) is 26.0 Å². The predicted molar refractivity (Wildman–Crippen MR) is 73.6 cm³/mol. The standard InChI is InChI=1S/C12H14N4O3S/c1-12(2)10(19)13-8(18)5-16(12)9-7(6-17)15-3-4-20-11(15)14-9/h3-4,17H,5-6H2,1-2H3,(H,13,18,19). The van der Waals surface area contributed by atoms with Crippen molar-refractivity contribution in [1.82, 2.24) is 14.7 Å². The first-order valence-corrected chi connectivity index (χ1v) is 7.00. The Balaban J connectivity index is 2.15. The predicted octanol–water partition coefficient (Wildman–Crippen LogP) is 0.129. The van der Waals surface area contributed by atoms with Crippen molar-refractivity contribution >= 4 is 33.9 Å². The van der Waals surface area contributed by atoms with Crippen molar-refractivity contribution < 1.29 is 14.7 Å². The Bertz CT molecular complexity index is 703. The highest BCUT2D eigenvalue weighted by atomic mass is 32.1. The summed E-state index contributed by atoms with van der Waals surface area (Å²) >= 11 is 1.43. The Kier molecular flexibility index (Phi) is 2.80. The summed E-state index contributed by atoms with van der Waals surface area (Å²) in [5.74, 6) is -0.254. The quantitative estimate of drug-likeness (QED) is 0.769. The van der Waals surface area contributed by atoms with Gasteiger partial charge in [-0.1, -0.05) is 0 Å². The molecule has 0 spiro atoms. The van der Waals surface area contributed by atoms with Gasteiger partial charge in [-0.25, -0.2) is 4.98 Å². The van der Waals surface area contributed by atoms with Crippen LogP contribution in [0.5, 0.6) is 0 Å². The molecule has 3 rings (SSSR count). The van der Waals surface area contributed by atoms with E-state index in [-0.39, 0.29) is 25.0 Å². The maximum Gasteiger partial charge on any atom is 0.251 e. The Hall–Kier alpha value is -1.93. The summed E-state index contributed by atoms with van der Waals surface area (Å²) < 4.78 is 1.77. The summed E-state index contributed by atoms with van der Waals surface area (Å²) in [5.41, 5.74) is -0.321. The van der Waals surface area contributed by atoms with E-state index in [9.17, 15) is 14.7 Å². The number of piperazine rings is 1. The van der Waals surface area contributed by atoms with Crippen LogP contribution in [0.15, 0.2) is 11.6 Å². The number of anilines is 1. The topological polar surface area (TPSA) is 86.9 Å². The van der Waals surface area contributed by atoms with Crippen molar-refractivity contribution in [3.63, 3.8) is 0 Å². The second-order valence-corrected chi connectivity index (χ2v) is 5.99. The lowest BCUT2D eigenvalue weighted by atomic mass is 9.98. The number of imide groups is 1. The van der Waals surface area contributed by atoms with E-state index < -0.39 is 5.54 Å². The average molecular weight is 294 g/mol. The first-order chi connectivity index (χ1) is 9.45. The molecule has 0 atom stereocenters. The average Bonchev–Trinajstić information content (AvgIpc) is 2.93. The maximum absolute atomic E-state index is 12.0. The van der Waals surface area contributed by atoms with Gasteiger partial charge in [-0.05, 0) is 13.8 Å². The van der Waals surface area contributed by atoms with Crippen LogP contribution in [-0.2, 0) is 16.2 Å². The van der Waals surface area contributed by atoms with Crippen LogP contribution in [0, 0.1) is 0 Å². The molecule has 1 aliphatic heterocycles. The molecule has 0 unspecified atom stereocenters. The first-order valence-electron chi connectivity index (χ1n) is 6.12. The third kappa shape index (κ3) is 1.72. The fourth-order valence-electron chi connectivity index (χ4n) is 2.31. The zero-order chi connectivity index (χ0) is 14.5. The Morgan fingerprint density at radius 3 is 2.95 bits per heavy atom. The molecule has 2 aromatic rings. The number of rotatable bonds is 2. The molecule has 0 bridgehead atoms. The van der Waals surface area contributed by atoms with Crippen LogP contribution in [0.2, 0.25) is 0 Å². The molecule has 1 saturated heterocycles. The van der Waals surface area contributed by atoms with E-state index in [1.807, 2.05) is 5.38 Å². The van der Waals surface area contributed by atoms with Crippen molar-refractivity contribution in [2.24, 2.45) is 0 Å². The maximum atomic E-state index is 12.0. The van der Waals surface area contributed by atoms with Gasteiger partial charge in [-0.2, -0.15) is 0 Å². The number of imidazole rings is 1. The molecular weight excluding hydrogens is 280 g/mol. The van der Waals surface area contributed by atoms with E-state index in [0.717, 1.165) is 4.96 Å². The third-order valence-electron chi connectivity index (χ3n) is 3.53. The summed E-state index contributed by atoms with van der Waals surface area (Å²) in [7, 11) is 0. The molecule has 2 aromatic heterocycles. The number of hydrogen-bond donors (Lipinski definition) is 2. The molecular formula is C12H14N4O3S. The van der Waals surface area contributed by atoms with E-state index in [2.05, 4.69) is 10.3 Å². The fraction of sp³-hybridized carbons (Fsp3) is 0.417. The van der Waals surface area contributed by atoms with Crippen LogP contribution in [-0.4, -0.2) is 38.4 Å². The lowest BCUT2D eigenvalue weighted by Crippen LogP contribution is -2.64. The molecule has 0 saturated carbocycles. The number of aliphatic hydroxyl groups is 1. The summed E-state index contributed by atoms with van der Waals surface area (Å²) in [4.78, 5) is 30.4. The van der Waals surface area contributed by atoms with Crippen LogP contribution in [0.25, 0.3) is 4.96 Å². The smallest absolute Gasteiger partial charge is 0.251 e. The number of aliphatic hydroxyl groups excluding tert-OH is 1. The van der Waals surface area contributed by atoms with Gasteiger partial charge in [0.05, 0.1) is 18.8 Å². The summed E-state index contributed by atoms with van der Waals surface area (Å²) in [6, 6.07) is 0. The van der Waals surface area contributed by atoms with E-state index in [4.69, 9.17) is 0 Å². The number of thiazole rings is 1. The minimum Gasteiger partial charge on any atom is -0.390 e. The van der Waals surface area contributed by atoms with Gasteiger partial charge in [0.2, 0.25) is 5.91 Å². The van der Waals surface area contributed by atoms with E-state index >= 15 is 0 Å². The number of amides is 2. The van der Waals surface area contributed by atoms with Crippen molar-refractivity contribution in [2.75, 3.05) is 11.4 Å². The molecule has 20 heavy (non-hydrogen) atoms. The molecule has 7 nitrogen and oxygen atoms in total. The highest BCUT2D eigenvalue weighted by molar-refractivity contribution is 7.15. The molecule has 0 radical (unpaired) electrons. The van der Waals surface area contributed by atoms with Gasteiger partial charge in [0.25, 0.3) is 5.91 Å². The van der Waals surface area contributed by atoms with Crippen molar-refractivity contribution in [3.05, 3.63) is 17.3 Å². The van der Waals surface area contributed by atoms with Crippen LogP contribution in [0.1, 0.15) is 19.5 Å². The highest BCUT2D eigenvalue weighted by Crippen LogP contribution is 2.31. The van der Waals surface area contributed by atoms with E-state index in [1.165, 1.54) is 11.3 Å². The van der Waals surface area contributed by atoms with Crippen molar-refractivity contribution in [3.8, 4) is 0 Å². The lowest BCUT2D eigenvalue weighted by Gasteiger charge is -2.40. The second kappa shape index (κ2) is 4.29. The minimum atomic E-state index is -0.901. The molecule has 2 amide bonds. The number of fused-ring (bicyclic) bond motifs is 1. The third-order valence-corrected chi connectivity index (χ3v) is 4.29. The Morgan fingerprint density at radius 2 is 2.25 bits per heavy atom. The lowest BCUT2D eigenvalue weighted by molar-refractivity contribution is -0.135. The van der Waals surface area contributed by atoms with Gasteiger partial charge in [0.15, 0.2) is 10.8 Å². The molecule has 1 aliphatic rings. The number of aromatic nitrogens is 2. The summed E-state index contributed by atoms with van der Waals surface area (Å²) in [5, 5.41) is 13.8. The van der Waals surface area contributed by atoms with Gasteiger partial charge >= 0.3 is 0 Å². The number of nitrogens with zero attached hydrogens (tertiary/aromatic N) is 3. The normalized spacial score (nSPS) is 18.6. The molecule has 2 N–H and O–H groups in total. The number of hydrogen-bond acceptors (Lipinski definition) is 6. The number of nitrogens with one attached hydrogen (secondary N) is 1. The molecule has 0 aromatic carbocycles. The number of carbonyl (C=O) groups excluding carboxylic acids is 2. The number of carbonyl (C=O) groups is 2. The van der Waals surface area contributed by atoms with Crippen molar-refractivity contribution in [1.29, 1.82) is 0 Å². The van der Waals surface area contributed by atoms with Crippen LogP contribution in [0.3, 0.4) is 0 Å². The minimum absolute atomic E-state index is 0.0383. The molecule has 1 fully saturated rings. The van der Waals surface area contributed by atoms with Crippen LogP contribution >= 0.6 is 11.3 Å².